The summed E-state index contributed by atoms with van der Waals surface area (Å²) in [6.07, 6.45) is 5.07. The van der Waals surface area contributed by atoms with Gasteiger partial charge in [-0.1, -0.05) is 6.07 Å². The molecule has 9 heteroatoms. The van der Waals surface area contributed by atoms with Gasteiger partial charge in [-0.2, -0.15) is 0 Å². The molecule has 196 valence electrons. The molecule has 5 rings (SSSR count). The molecule has 3 aliphatic carbocycles. The highest BCUT2D eigenvalue weighted by atomic mass is 19.1. The van der Waals surface area contributed by atoms with Gasteiger partial charge in [0.1, 0.15) is 11.9 Å². The van der Waals surface area contributed by atoms with Crippen LogP contribution in [0.15, 0.2) is 18.2 Å². The van der Waals surface area contributed by atoms with E-state index in [4.69, 9.17) is 0 Å². The molecule has 1 saturated heterocycles. The van der Waals surface area contributed by atoms with E-state index in [0.29, 0.717) is 43.3 Å². The summed E-state index contributed by atoms with van der Waals surface area (Å²) >= 11 is 0. The van der Waals surface area contributed by atoms with Crippen LogP contribution in [0.5, 0.6) is 0 Å². The van der Waals surface area contributed by atoms with Crippen molar-refractivity contribution in [2.24, 2.45) is 17.8 Å². The smallest absolute Gasteiger partial charge is 0.258 e. The minimum absolute atomic E-state index is 0.0279. The normalized spacial score (nSPS) is 22.3. The Balaban J connectivity index is 1.21. The van der Waals surface area contributed by atoms with E-state index in [9.17, 15) is 23.2 Å². The summed E-state index contributed by atoms with van der Waals surface area (Å²) in [5, 5.41) is 5.34. The summed E-state index contributed by atoms with van der Waals surface area (Å²) in [6, 6.07) is 3.69. The minimum atomic E-state index is -1.87. The largest absolute Gasteiger partial charge is 0.341 e. The lowest BCUT2D eigenvalue weighted by Crippen LogP contribution is -2.52. The lowest BCUT2D eigenvalue weighted by molar-refractivity contribution is -0.132. The monoisotopic (exact) mass is 502 g/mol. The Morgan fingerprint density at radius 1 is 1.06 bits per heavy atom. The molecule has 1 heterocycles. The molecular formula is C27H36F2N4O3. The summed E-state index contributed by atoms with van der Waals surface area (Å²) in [5.74, 6) is -1.10. The fourth-order valence-electron chi connectivity index (χ4n) is 5.33. The molecule has 3 amide bonds. The Hall–Kier alpha value is -2.55. The van der Waals surface area contributed by atoms with Crippen molar-refractivity contribution in [3.63, 3.8) is 0 Å². The first-order chi connectivity index (χ1) is 17.2. The van der Waals surface area contributed by atoms with Gasteiger partial charge in [0.15, 0.2) is 5.67 Å². The summed E-state index contributed by atoms with van der Waals surface area (Å²) in [6.45, 7) is 3.12. The van der Waals surface area contributed by atoms with Crippen molar-refractivity contribution in [3.8, 4) is 0 Å². The third-order valence-electron chi connectivity index (χ3n) is 8.16. The number of aryl methyl sites for hydroxylation is 1. The van der Waals surface area contributed by atoms with Gasteiger partial charge < -0.3 is 20.4 Å². The molecule has 1 aromatic carbocycles. The molecule has 4 aliphatic rings. The van der Waals surface area contributed by atoms with Crippen molar-refractivity contribution < 1.29 is 23.2 Å². The predicted octanol–water partition coefficient (Wildman–Crippen LogP) is 2.89. The van der Waals surface area contributed by atoms with Crippen LogP contribution in [-0.4, -0.2) is 72.5 Å². The number of carbonyl (C=O) groups is 3. The second-order valence-electron chi connectivity index (χ2n) is 11.2. The molecule has 2 N–H and O–H groups in total. The number of hydrogen-bond donors (Lipinski definition) is 2. The van der Waals surface area contributed by atoms with E-state index in [1.165, 1.54) is 12.1 Å². The Morgan fingerprint density at radius 2 is 1.69 bits per heavy atom. The van der Waals surface area contributed by atoms with E-state index in [0.717, 1.165) is 38.8 Å². The molecule has 0 spiro atoms. The summed E-state index contributed by atoms with van der Waals surface area (Å²) in [7, 11) is 2.03. The van der Waals surface area contributed by atoms with Gasteiger partial charge in [-0.25, -0.2) is 8.78 Å². The average Bonchev–Trinajstić information content (AvgIpc) is 3.71. The predicted molar refractivity (Wildman–Crippen MR) is 131 cm³/mol. The number of likely N-dealkylation sites (N-methyl/N-ethyl adjacent to an activating group) is 1. The number of rotatable bonds is 10. The number of benzene rings is 1. The highest BCUT2D eigenvalue weighted by molar-refractivity contribution is 5.99. The standard InChI is InChI=1S/C27H36F2N4O3/c1-32-12-14-33(15-13-32)22(34)9-3-17-2-8-21(20(28)16-17)30-25(35)24(31-26(36)27(29)10-11-27)23(18-4-5-18)19-6-7-19/h2,8,16,18-19,23-24H,3-7,9-15H2,1H3,(H,30,35)(H,31,36). The molecule has 7 nitrogen and oxygen atoms in total. The van der Waals surface area contributed by atoms with E-state index in [1.807, 2.05) is 11.9 Å². The number of alkyl halides is 1. The van der Waals surface area contributed by atoms with E-state index in [1.54, 1.807) is 6.07 Å². The summed E-state index contributed by atoms with van der Waals surface area (Å²) < 4.78 is 29.3. The van der Waals surface area contributed by atoms with E-state index >= 15 is 0 Å². The zero-order chi connectivity index (χ0) is 25.4. The maximum Gasteiger partial charge on any atom is 0.258 e. The maximum absolute atomic E-state index is 14.9. The van der Waals surface area contributed by atoms with Crippen LogP contribution in [0.3, 0.4) is 0 Å². The van der Waals surface area contributed by atoms with E-state index in [2.05, 4.69) is 15.5 Å². The number of amides is 3. The van der Waals surface area contributed by atoms with Crippen molar-refractivity contribution in [2.45, 2.75) is 63.1 Å². The summed E-state index contributed by atoms with van der Waals surface area (Å²) in [5.41, 5.74) is -1.16. The molecule has 0 bridgehead atoms. The third-order valence-corrected chi connectivity index (χ3v) is 8.16. The van der Waals surface area contributed by atoms with Crippen molar-refractivity contribution in [1.82, 2.24) is 15.1 Å². The molecule has 1 atom stereocenters. The molecule has 1 unspecified atom stereocenters. The second-order valence-corrected chi connectivity index (χ2v) is 11.2. The minimum Gasteiger partial charge on any atom is -0.341 e. The fourth-order valence-corrected chi connectivity index (χ4v) is 5.33. The first-order valence-electron chi connectivity index (χ1n) is 13.3. The zero-order valence-corrected chi connectivity index (χ0v) is 20.9. The Bertz CT molecular complexity index is 1000. The van der Waals surface area contributed by atoms with Crippen LogP contribution in [0.4, 0.5) is 14.5 Å². The Kier molecular flexibility index (Phi) is 7.03. The number of nitrogens with zero attached hydrogens (tertiary/aromatic N) is 2. The highest BCUT2D eigenvalue weighted by Gasteiger charge is 2.54. The first kappa shape index (κ1) is 25.1. The number of halogens is 2. The van der Waals surface area contributed by atoms with Crippen LogP contribution in [0.2, 0.25) is 0 Å². The molecular weight excluding hydrogens is 466 g/mol. The van der Waals surface area contributed by atoms with Crippen molar-refractivity contribution in [2.75, 3.05) is 38.5 Å². The van der Waals surface area contributed by atoms with Crippen molar-refractivity contribution >= 4 is 23.4 Å². The third kappa shape index (κ3) is 5.88. The van der Waals surface area contributed by atoms with Crippen LogP contribution in [0.25, 0.3) is 0 Å². The van der Waals surface area contributed by atoms with Crippen molar-refractivity contribution in [3.05, 3.63) is 29.6 Å². The van der Waals surface area contributed by atoms with Gasteiger partial charge in [-0.3, -0.25) is 14.4 Å². The van der Waals surface area contributed by atoms with E-state index in [-0.39, 0.29) is 30.4 Å². The van der Waals surface area contributed by atoms with Gasteiger partial charge in [0.25, 0.3) is 5.91 Å². The Morgan fingerprint density at radius 3 is 2.25 bits per heavy atom. The lowest BCUT2D eigenvalue weighted by atomic mass is 9.88. The van der Waals surface area contributed by atoms with Crippen LogP contribution in [0.1, 0.15) is 50.5 Å². The van der Waals surface area contributed by atoms with Gasteiger partial charge in [-0.15, -0.1) is 0 Å². The number of piperazine rings is 1. The fraction of sp³-hybridized carbons (Fsp3) is 0.667. The van der Waals surface area contributed by atoms with Crippen LogP contribution in [-0.2, 0) is 20.8 Å². The molecule has 36 heavy (non-hydrogen) atoms. The molecule has 1 aromatic rings. The number of carbonyl (C=O) groups excluding carboxylic acids is 3. The average molecular weight is 503 g/mol. The topological polar surface area (TPSA) is 81.8 Å². The molecule has 0 aromatic heterocycles. The molecule has 1 aliphatic heterocycles. The lowest BCUT2D eigenvalue weighted by Gasteiger charge is -2.32. The van der Waals surface area contributed by atoms with Gasteiger partial charge in [0.05, 0.1) is 5.69 Å². The number of anilines is 1. The Labute approximate surface area is 211 Å². The summed E-state index contributed by atoms with van der Waals surface area (Å²) in [4.78, 5) is 42.3. The first-order valence-corrected chi connectivity index (χ1v) is 13.3. The number of hydrogen-bond acceptors (Lipinski definition) is 4. The second kappa shape index (κ2) is 10.1. The quantitative estimate of drug-likeness (QED) is 0.516. The van der Waals surface area contributed by atoms with Gasteiger partial charge >= 0.3 is 0 Å². The maximum atomic E-state index is 14.9. The zero-order valence-electron chi connectivity index (χ0n) is 20.9. The van der Waals surface area contributed by atoms with Crippen LogP contribution >= 0.6 is 0 Å². The molecule has 0 radical (unpaired) electrons. The van der Waals surface area contributed by atoms with Gasteiger partial charge in [0, 0.05) is 32.6 Å². The van der Waals surface area contributed by atoms with Gasteiger partial charge in [-0.05, 0) is 87.4 Å². The SMILES string of the molecule is CN1CCN(C(=O)CCc2ccc(NC(=O)C(NC(=O)C3(F)CC3)C(C3CC3)C3CC3)c(F)c2)CC1. The van der Waals surface area contributed by atoms with E-state index < -0.39 is 29.3 Å². The van der Waals surface area contributed by atoms with Gasteiger partial charge in [0.2, 0.25) is 11.8 Å². The highest BCUT2D eigenvalue weighted by Crippen LogP contribution is 2.51. The van der Waals surface area contributed by atoms with Crippen LogP contribution in [0, 0.1) is 23.6 Å². The molecule has 4 fully saturated rings. The molecule has 3 saturated carbocycles. The number of nitrogens with one attached hydrogen (secondary N) is 2. The van der Waals surface area contributed by atoms with Crippen molar-refractivity contribution in [1.29, 1.82) is 0 Å². The van der Waals surface area contributed by atoms with Crippen LogP contribution < -0.4 is 10.6 Å².